The zero-order valence-electron chi connectivity index (χ0n) is 10.6. The highest BCUT2D eigenvalue weighted by molar-refractivity contribution is 6.32. The molecule has 2 aromatic rings. The number of nitrogens with two attached hydrogens (primary N) is 1. The van der Waals surface area contributed by atoms with Gasteiger partial charge in [0.2, 0.25) is 0 Å². The molecule has 1 aromatic heterocycles. The summed E-state index contributed by atoms with van der Waals surface area (Å²) in [7, 11) is 1.52. The Kier molecular flexibility index (Phi) is 4.34. The summed E-state index contributed by atoms with van der Waals surface area (Å²) >= 11 is 5.97. The molecule has 0 saturated heterocycles. The Morgan fingerprint density at radius 2 is 2.15 bits per heavy atom. The highest BCUT2D eigenvalue weighted by Crippen LogP contribution is 2.27. The van der Waals surface area contributed by atoms with Crippen molar-refractivity contribution < 1.29 is 9.53 Å². The van der Waals surface area contributed by atoms with E-state index < -0.39 is 5.91 Å². The molecule has 1 amide bonds. The number of carbonyl (C=O) groups is 1. The van der Waals surface area contributed by atoms with Crippen LogP contribution in [0, 0.1) is 0 Å². The largest absolute Gasteiger partial charge is 0.495 e. The SMILES string of the molecule is COc1ccc(NC(=O)c2cnc(NN)cn2)cc1Cl. The second kappa shape index (κ2) is 6.18. The quantitative estimate of drug-likeness (QED) is 0.585. The van der Waals surface area contributed by atoms with Crippen LogP contribution in [0.25, 0.3) is 0 Å². The first-order chi connectivity index (χ1) is 9.63. The van der Waals surface area contributed by atoms with E-state index in [-0.39, 0.29) is 5.69 Å². The van der Waals surface area contributed by atoms with Crippen LogP contribution in [-0.2, 0) is 0 Å². The van der Waals surface area contributed by atoms with Gasteiger partial charge in [-0.2, -0.15) is 0 Å². The molecule has 4 N–H and O–H groups in total. The number of aromatic nitrogens is 2. The van der Waals surface area contributed by atoms with E-state index in [0.29, 0.717) is 22.3 Å². The van der Waals surface area contributed by atoms with E-state index in [1.54, 1.807) is 18.2 Å². The highest BCUT2D eigenvalue weighted by atomic mass is 35.5. The standard InChI is InChI=1S/C12H12ClN5O2/c1-20-10-3-2-7(4-8(10)13)17-12(19)9-5-16-11(18-14)6-15-9/h2-6H,14H2,1H3,(H,16,18)(H,17,19). The first-order valence-corrected chi connectivity index (χ1v) is 5.95. The number of hydrazine groups is 1. The van der Waals surface area contributed by atoms with Crippen LogP contribution in [-0.4, -0.2) is 23.0 Å². The number of nitrogens with zero attached hydrogens (tertiary/aromatic N) is 2. The van der Waals surface area contributed by atoms with E-state index in [1.807, 2.05) is 0 Å². The lowest BCUT2D eigenvalue weighted by molar-refractivity contribution is 0.102. The van der Waals surface area contributed by atoms with Crippen LogP contribution in [0.4, 0.5) is 11.5 Å². The molecule has 8 heteroatoms. The number of nitrogen functional groups attached to an aromatic ring is 1. The summed E-state index contributed by atoms with van der Waals surface area (Å²) in [4.78, 5) is 19.8. The Bertz CT molecular complexity index is 618. The molecule has 0 aliphatic carbocycles. The molecule has 1 aromatic carbocycles. The molecule has 2 rings (SSSR count). The maximum absolute atomic E-state index is 11.9. The third-order valence-corrected chi connectivity index (χ3v) is 2.74. The predicted octanol–water partition coefficient (Wildman–Crippen LogP) is 1.68. The first-order valence-electron chi connectivity index (χ1n) is 5.57. The van der Waals surface area contributed by atoms with Gasteiger partial charge >= 0.3 is 0 Å². The Morgan fingerprint density at radius 3 is 2.70 bits per heavy atom. The zero-order chi connectivity index (χ0) is 14.5. The molecule has 1 heterocycles. The number of carbonyl (C=O) groups excluding carboxylic acids is 1. The second-order valence-corrected chi connectivity index (χ2v) is 4.14. The predicted molar refractivity (Wildman–Crippen MR) is 75.8 cm³/mol. The van der Waals surface area contributed by atoms with Gasteiger partial charge in [0.25, 0.3) is 5.91 Å². The number of hydrogen-bond acceptors (Lipinski definition) is 6. The molecule has 0 bridgehead atoms. The monoisotopic (exact) mass is 293 g/mol. The van der Waals surface area contributed by atoms with Crippen LogP contribution >= 0.6 is 11.6 Å². The van der Waals surface area contributed by atoms with Gasteiger partial charge in [0.15, 0.2) is 5.82 Å². The number of nitrogens with one attached hydrogen (secondary N) is 2. The van der Waals surface area contributed by atoms with Gasteiger partial charge in [0.1, 0.15) is 11.4 Å². The minimum Gasteiger partial charge on any atom is -0.495 e. The number of anilines is 2. The molecule has 0 spiro atoms. The summed E-state index contributed by atoms with van der Waals surface area (Å²) in [5.74, 6) is 5.66. The molecular formula is C12H12ClN5O2. The number of ether oxygens (including phenoxy) is 1. The molecule has 0 fully saturated rings. The van der Waals surface area contributed by atoms with Gasteiger partial charge in [-0.1, -0.05) is 11.6 Å². The van der Waals surface area contributed by atoms with Gasteiger partial charge in [-0.3, -0.25) is 4.79 Å². The van der Waals surface area contributed by atoms with Crippen molar-refractivity contribution in [2.24, 2.45) is 5.84 Å². The first kappa shape index (κ1) is 14.0. The fourth-order valence-corrected chi connectivity index (χ4v) is 1.72. The van der Waals surface area contributed by atoms with E-state index in [0.717, 1.165) is 0 Å². The van der Waals surface area contributed by atoms with Gasteiger partial charge < -0.3 is 15.5 Å². The lowest BCUT2D eigenvalue weighted by Crippen LogP contribution is -2.15. The zero-order valence-corrected chi connectivity index (χ0v) is 11.3. The maximum Gasteiger partial charge on any atom is 0.275 e. The van der Waals surface area contributed by atoms with Crippen molar-refractivity contribution in [3.8, 4) is 5.75 Å². The second-order valence-electron chi connectivity index (χ2n) is 3.73. The number of hydrogen-bond donors (Lipinski definition) is 3. The van der Waals surface area contributed by atoms with Gasteiger partial charge in [-0.25, -0.2) is 15.8 Å². The van der Waals surface area contributed by atoms with Crippen molar-refractivity contribution in [3.05, 3.63) is 41.3 Å². The van der Waals surface area contributed by atoms with Crippen molar-refractivity contribution in [1.82, 2.24) is 9.97 Å². The summed E-state index contributed by atoms with van der Waals surface area (Å²) < 4.78 is 5.03. The minimum atomic E-state index is -0.401. The Labute approximate surface area is 120 Å². The van der Waals surface area contributed by atoms with E-state index in [9.17, 15) is 4.79 Å². The molecule has 0 saturated carbocycles. The number of halogens is 1. The van der Waals surface area contributed by atoms with Gasteiger partial charge in [0, 0.05) is 5.69 Å². The highest BCUT2D eigenvalue weighted by Gasteiger charge is 2.09. The van der Waals surface area contributed by atoms with Crippen molar-refractivity contribution >= 4 is 29.0 Å². The average molecular weight is 294 g/mol. The summed E-state index contributed by atoms with van der Waals surface area (Å²) in [5.41, 5.74) is 3.02. The summed E-state index contributed by atoms with van der Waals surface area (Å²) in [6.45, 7) is 0. The molecule has 0 unspecified atom stereocenters. The lowest BCUT2D eigenvalue weighted by atomic mass is 10.3. The van der Waals surface area contributed by atoms with Crippen LogP contribution in [0.2, 0.25) is 5.02 Å². The van der Waals surface area contributed by atoms with E-state index in [2.05, 4.69) is 20.7 Å². The Balaban J connectivity index is 2.12. The summed E-state index contributed by atoms with van der Waals surface area (Å²) in [6, 6.07) is 4.92. The molecule has 0 aliphatic rings. The molecule has 0 atom stereocenters. The van der Waals surface area contributed by atoms with Crippen LogP contribution in [0.3, 0.4) is 0 Å². The van der Waals surface area contributed by atoms with Crippen molar-refractivity contribution in [2.75, 3.05) is 17.9 Å². The van der Waals surface area contributed by atoms with Crippen molar-refractivity contribution in [3.63, 3.8) is 0 Å². The minimum absolute atomic E-state index is 0.163. The molecule has 104 valence electrons. The number of rotatable bonds is 4. The van der Waals surface area contributed by atoms with E-state index in [4.69, 9.17) is 22.2 Å². The smallest absolute Gasteiger partial charge is 0.275 e. The normalized spacial score (nSPS) is 9.95. The summed E-state index contributed by atoms with van der Waals surface area (Å²) in [5, 5.41) is 3.06. The third-order valence-electron chi connectivity index (χ3n) is 2.44. The van der Waals surface area contributed by atoms with E-state index in [1.165, 1.54) is 19.5 Å². The topological polar surface area (TPSA) is 102 Å². The van der Waals surface area contributed by atoms with Gasteiger partial charge in [-0.05, 0) is 18.2 Å². The molecule has 0 aliphatic heterocycles. The van der Waals surface area contributed by atoms with Crippen LogP contribution in [0.15, 0.2) is 30.6 Å². The number of amides is 1. The Morgan fingerprint density at radius 1 is 1.35 bits per heavy atom. The number of methoxy groups -OCH3 is 1. The van der Waals surface area contributed by atoms with Crippen LogP contribution < -0.4 is 21.3 Å². The van der Waals surface area contributed by atoms with Crippen LogP contribution in [0.5, 0.6) is 5.75 Å². The fourth-order valence-electron chi connectivity index (χ4n) is 1.46. The Hall–Kier alpha value is -2.38. The molecule has 0 radical (unpaired) electrons. The lowest BCUT2D eigenvalue weighted by Gasteiger charge is -2.07. The molecule has 20 heavy (non-hydrogen) atoms. The van der Waals surface area contributed by atoms with Crippen molar-refractivity contribution in [2.45, 2.75) is 0 Å². The fraction of sp³-hybridized carbons (Fsp3) is 0.0833. The van der Waals surface area contributed by atoms with E-state index >= 15 is 0 Å². The number of benzene rings is 1. The van der Waals surface area contributed by atoms with Gasteiger partial charge in [-0.15, -0.1) is 0 Å². The third kappa shape index (κ3) is 3.14. The molecular weight excluding hydrogens is 282 g/mol. The average Bonchev–Trinajstić information content (AvgIpc) is 2.47. The van der Waals surface area contributed by atoms with Crippen molar-refractivity contribution in [1.29, 1.82) is 0 Å². The van der Waals surface area contributed by atoms with Gasteiger partial charge in [0.05, 0.1) is 24.5 Å². The summed E-state index contributed by atoms with van der Waals surface area (Å²) in [6.07, 6.45) is 2.67. The maximum atomic E-state index is 11.9. The van der Waals surface area contributed by atoms with Crippen LogP contribution in [0.1, 0.15) is 10.5 Å². The molecule has 7 nitrogen and oxygen atoms in total.